The SMILES string of the molecule is [C-]#[N+]c1cc(-c2ncnc3c2ccn3COCC[Si](C)(C)C)c[nH]1. The maximum absolute atomic E-state index is 7.07. The standard InChI is InChI=1S/C17H21N5OSi/c1-18-15-9-13(10-19-15)16-14-5-6-22(17(14)21-11-20-16)12-23-7-8-24(2,3)4/h5-6,9-11,19H,7-8,12H2,2-4H3. The summed E-state index contributed by atoms with van der Waals surface area (Å²) in [7, 11) is -1.07. The molecule has 3 rings (SSSR count). The van der Waals surface area contributed by atoms with Crippen LogP contribution in [0.3, 0.4) is 0 Å². The van der Waals surface area contributed by atoms with E-state index in [0.717, 1.165) is 34.9 Å². The highest BCUT2D eigenvalue weighted by molar-refractivity contribution is 6.76. The number of aromatic amines is 1. The summed E-state index contributed by atoms with van der Waals surface area (Å²) < 4.78 is 7.81. The van der Waals surface area contributed by atoms with Gasteiger partial charge in [0.25, 0.3) is 0 Å². The first-order chi connectivity index (χ1) is 11.5. The number of hydrogen-bond donors (Lipinski definition) is 1. The summed E-state index contributed by atoms with van der Waals surface area (Å²) in [6, 6.07) is 4.95. The Balaban J connectivity index is 1.80. The van der Waals surface area contributed by atoms with Crippen molar-refractivity contribution in [3.05, 3.63) is 42.3 Å². The third-order valence-corrected chi connectivity index (χ3v) is 5.55. The molecule has 0 saturated heterocycles. The zero-order valence-corrected chi connectivity index (χ0v) is 15.2. The van der Waals surface area contributed by atoms with Gasteiger partial charge in [0.2, 0.25) is 5.82 Å². The fraction of sp³-hybridized carbons (Fsp3) is 0.353. The Morgan fingerprint density at radius 1 is 1.33 bits per heavy atom. The molecule has 6 nitrogen and oxygen atoms in total. The Morgan fingerprint density at radius 2 is 2.17 bits per heavy atom. The van der Waals surface area contributed by atoms with Crippen LogP contribution in [0.4, 0.5) is 5.82 Å². The minimum absolute atomic E-state index is 0.491. The highest BCUT2D eigenvalue weighted by Gasteiger charge is 2.14. The number of rotatable bonds is 6. The number of nitrogens with one attached hydrogen (secondary N) is 1. The molecule has 0 aliphatic heterocycles. The first kappa shape index (κ1) is 16.4. The maximum atomic E-state index is 7.07. The van der Waals surface area contributed by atoms with Crippen molar-refractivity contribution in [1.82, 2.24) is 19.5 Å². The van der Waals surface area contributed by atoms with Gasteiger partial charge >= 0.3 is 0 Å². The maximum Gasteiger partial charge on any atom is 0.228 e. The number of hydrogen-bond acceptors (Lipinski definition) is 3. The highest BCUT2D eigenvalue weighted by atomic mass is 28.3. The van der Waals surface area contributed by atoms with Crippen molar-refractivity contribution in [2.24, 2.45) is 0 Å². The second-order valence-electron chi connectivity index (χ2n) is 6.98. The Kier molecular flexibility index (Phi) is 4.51. The number of nitrogens with zero attached hydrogens (tertiary/aromatic N) is 4. The molecule has 0 unspecified atom stereocenters. The molecule has 3 aromatic rings. The summed E-state index contributed by atoms with van der Waals surface area (Å²) in [5.74, 6) is 0.505. The third kappa shape index (κ3) is 3.55. The van der Waals surface area contributed by atoms with E-state index < -0.39 is 8.07 Å². The van der Waals surface area contributed by atoms with Crippen LogP contribution in [-0.2, 0) is 11.5 Å². The highest BCUT2D eigenvalue weighted by Crippen LogP contribution is 2.28. The van der Waals surface area contributed by atoms with Crippen molar-refractivity contribution in [2.75, 3.05) is 6.61 Å². The predicted molar refractivity (Wildman–Crippen MR) is 97.7 cm³/mol. The fourth-order valence-corrected chi connectivity index (χ4v) is 3.22. The lowest BCUT2D eigenvalue weighted by Crippen LogP contribution is -2.22. The van der Waals surface area contributed by atoms with Gasteiger partial charge in [-0.3, -0.25) is 0 Å². The van der Waals surface area contributed by atoms with Crippen LogP contribution in [0.1, 0.15) is 0 Å². The van der Waals surface area contributed by atoms with Gasteiger partial charge in [-0.15, -0.1) is 0 Å². The van der Waals surface area contributed by atoms with E-state index in [1.165, 1.54) is 0 Å². The van der Waals surface area contributed by atoms with Crippen molar-refractivity contribution in [3.63, 3.8) is 0 Å². The molecule has 0 fully saturated rings. The molecular formula is C17H21N5OSi. The van der Waals surface area contributed by atoms with Gasteiger partial charge in [-0.2, -0.15) is 0 Å². The molecule has 3 heterocycles. The molecule has 0 spiro atoms. The van der Waals surface area contributed by atoms with E-state index in [0.29, 0.717) is 12.5 Å². The number of fused-ring (bicyclic) bond motifs is 1. The monoisotopic (exact) mass is 339 g/mol. The summed E-state index contributed by atoms with van der Waals surface area (Å²) in [5.41, 5.74) is 2.57. The molecule has 1 N–H and O–H groups in total. The van der Waals surface area contributed by atoms with Gasteiger partial charge in [0, 0.05) is 31.8 Å². The molecule has 0 atom stereocenters. The fourth-order valence-electron chi connectivity index (χ4n) is 2.46. The molecule has 124 valence electrons. The van der Waals surface area contributed by atoms with Gasteiger partial charge in [-0.05, 0) is 18.2 Å². The minimum atomic E-state index is -1.07. The van der Waals surface area contributed by atoms with Crippen LogP contribution in [0.2, 0.25) is 25.7 Å². The third-order valence-electron chi connectivity index (χ3n) is 3.84. The largest absolute Gasteiger partial charge is 0.364 e. The molecule has 0 saturated carbocycles. The van der Waals surface area contributed by atoms with Crippen LogP contribution in [-0.4, -0.2) is 34.2 Å². The predicted octanol–water partition coefficient (Wildman–Crippen LogP) is 4.29. The van der Waals surface area contributed by atoms with Crippen molar-refractivity contribution >= 4 is 24.9 Å². The average Bonchev–Trinajstić information content (AvgIpc) is 3.17. The lowest BCUT2D eigenvalue weighted by molar-refractivity contribution is 0.0899. The van der Waals surface area contributed by atoms with E-state index in [-0.39, 0.29) is 0 Å². The molecule has 0 aliphatic carbocycles. The Morgan fingerprint density at radius 3 is 2.88 bits per heavy atom. The van der Waals surface area contributed by atoms with Crippen LogP contribution >= 0.6 is 0 Å². The summed E-state index contributed by atoms with van der Waals surface area (Å²) in [6.45, 7) is 15.4. The van der Waals surface area contributed by atoms with Crippen molar-refractivity contribution in [2.45, 2.75) is 32.4 Å². The smallest absolute Gasteiger partial charge is 0.228 e. The Bertz CT molecular complexity index is 884. The second kappa shape index (κ2) is 6.59. The van der Waals surface area contributed by atoms with Crippen LogP contribution in [0.15, 0.2) is 30.9 Å². The topological polar surface area (TPSA) is 60.1 Å². The van der Waals surface area contributed by atoms with E-state index >= 15 is 0 Å². The zero-order chi connectivity index (χ0) is 17.2. The van der Waals surface area contributed by atoms with E-state index in [1.807, 2.05) is 16.8 Å². The van der Waals surface area contributed by atoms with Gasteiger partial charge in [-0.25, -0.2) is 9.97 Å². The van der Waals surface area contributed by atoms with Gasteiger partial charge in [0.15, 0.2) is 0 Å². The summed E-state index contributed by atoms with van der Waals surface area (Å²) in [4.78, 5) is 15.1. The molecule has 7 heteroatoms. The van der Waals surface area contributed by atoms with E-state index in [1.54, 1.807) is 18.6 Å². The lowest BCUT2D eigenvalue weighted by atomic mass is 10.2. The number of H-pyrrole nitrogens is 1. The van der Waals surface area contributed by atoms with Gasteiger partial charge in [0.05, 0.1) is 11.9 Å². The summed E-state index contributed by atoms with van der Waals surface area (Å²) in [5, 5.41) is 0.960. The van der Waals surface area contributed by atoms with Crippen molar-refractivity contribution in [3.8, 4) is 11.3 Å². The molecule has 0 aromatic carbocycles. The summed E-state index contributed by atoms with van der Waals surface area (Å²) >= 11 is 0. The lowest BCUT2D eigenvalue weighted by Gasteiger charge is -2.15. The normalized spacial score (nSPS) is 11.8. The minimum Gasteiger partial charge on any atom is -0.364 e. The number of ether oxygens (including phenoxy) is 1. The second-order valence-corrected chi connectivity index (χ2v) is 12.6. The van der Waals surface area contributed by atoms with Gasteiger partial charge in [0.1, 0.15) is 18.7 Å². The van der Waals surface area contributed by atoms with Gasteiger partial charge in [-0.1, -0.05) is 26.2 Å². The Hall–Kier alpha value is -2.43. The molecule has 0 amide bonds. The van der Waals surface area contributed by atoms with Crippen LogP contribution in [0.5, 0.6) is 0 Å². The quantitative estimate of drug-likeness (QED) is 0.414. The molecule has 0 radical (unpaired) electrons. The summed E-state index contributed by atoms with van der Waals surface area (Å²) in [6.07, 6.45) is 5.33. The van der Waals surface area contributed by atoms with E-state index in [4.69, 9.17) is 11.3 Å². The molecule has 0 bridgehead atoms. The van der Waals surface area contributed by atoms with E-state index in [2.05, 4.69) is 39.4 Å². The zero-order valence-electron chi connectivity index (χ0n) is 14.2. The van der Waals surface area contributed by atoms with Crippen molar-refractivity contribution < 1.29 is 4.74 Å². The van der Waals surface area contributed by atoms with Crippen LogP contribution in [0.25, 0.3) is 27.1 Å². The molecule has 3 aromatic heterocycles. The first-order valence-electron chi connectivity index (χ1n) is 7.92. The average molecular weight is 339 g/mol. The van der Waals surface area contributed by atoms with Crippen LogP contribution < -0.4 is 0 Å². The molecular weight excluding hydrogens is 318 g/mol. The van der Waals surface area contributed by atoms with Gasteiger partial charge < -0.3 is 19.1 Å². The molecule has 24 heavy (non-hydrogen) atoms. The van der Waals surface area contributed by atoms with Crippen LogP contribution in [0, 0.1) is 6.57 Å². The molecule has 0 aliphatic rings. The Labute approximate surface area is 142 Å². The van der Waals surface area contributed by atoms with Crippen molar-refractivity contribution in [1.29, 1.82) is 0 Å². The van der Waals surface area contributed by atoms with E-state index in [9.17, 15) is 0 Å². The number of aromatic nitrogens is 4. The first-order valence-corrected chi connectivity index (χ1v) is 11.6.